The number of amides is 4. The fourth-order valence-corrected chi connectivity index (χ4v) is 10.2. The highest BCUT2D eigenvalue weighted by atomic mass is 16.5. The molecule has 4 N–H and O–H groups in total. The largest absolute Gasteiger partial charge is 0.358 e. The van der Waals surface area contributed by atoms with Crippen molar-refractivity contribution in [3.63, 3.8) is 0 Å². The van der Waals surface area contributed by atoms with Crippen LogP contribution in [0.15, 0.2) is 18.6 Å². The van der Waals surface area contributed by atoms with E-state index in [-0.39, 0.29) is 41.3 Å². The fraction of sp³-hybridized carbons (Fsp3) is 0.795. The molecule has 0 spiro atoms. The Morgan fingerprint density at radius 3 is 2.39 bits per heavy atom. The molecule has 2 aliphatic heterocycles. The van der Waals surface area contributed by atoms with E-state index >= 15 is 4.79 Å². The molecule has 5 aliphatic rings. The lowest BCUT2D eigenvalue weighted by Gasteiger charge is -2.56. The molecule has 12 nitrogen and oxygen atoms in total. The standard InChI is InChI=1S/C39H61N7O5/c1-5-12-31(38(44-28-17-18-28)19-9-10-22-51-38)43-34(48)33-29-16-11-13-26(29)25-45(33)36(50)39(37(2,3)4,27-14-7-6-8-15-27)46(32(47)23-40)35(49)30-24-41-20-21-42-30/h20-21,24,26-29,31,33,44H,5-19,22-23,25,40H2,1-4H3,(H,43,48)/t26-,29-,31-,33-,38?,39+/m0/s1. The van der Waals surface area contributed by atoms with Gasteiger partial charge in [-0.2, -0.15) is 0 Å². The van der Waals surface area contributed by atoms with Crippen LogP contribution in [0.4, 0.5) is 0 Å². The van der Waals surface area contributed by atoms with Crippen LogP contribution in [-0.4, -0.2) is 92.5 Å². The van der Waals surface area contributed by atoms with E-state index in [0.717, 1.165) is 88.4 Å². The highest BCUT2D eigenvalue weighted by Gasteiger charge is 2.65. The normalized spacial score (nSPS) is 28.8. The molecular formula is C39H61N7O5. The molecule has 3 heterocycles. The number of fused-ring (bicyclic) bond motifs is 1. The first-order valence-corrected chi connectivity index (χ1v) is 19.8. The minimum absolute atomic E-state index is 0.00535. The van der Waals surface area contributed by atoms with Gasteiger partial charge >= 0.3 is 0 Å². The summed E-state index contributed by atoms with van der Waals surface area (Å²) in [5.74, 6) is -1.98. The summed E-state index contributed by atoms with van der Waals surface area (Å²) < 4.78 is 6.56. The summed E-state index contributed by atoms with van der Waals surface area (Å²) in [4.78, 5) is 71.0. The average molecular weight is 708 g/mol. The van der Waals surface area contributed by atoms with Crippen LogP contribution in [0.1, 0.15) is 134 Å². The van der Waals surface area contributed by atoms with Gasteiger partial charge < -0.3 is 20.7 Å². The van der Waals surface area contributed by atoms with E-state index in [1.807, 2.05) is 20.8 Å². The second-order valence-corrected chi connectivity index (χ2v) is 16.9. The van der Waals surface area contributed by atoms with Crippen LogP contribution >= 0.6 is 0 Å². The van der Waals surface area contributed by atoms with E-state index in [2.05, 4.69) is 27.5 Å². The number of nitrogens with two attached hydrogens (primary N) is 1. The Balaban J connectivity index is 1.43. The molecule has 6 atom stereocenters. The molecule has 5 fully saturated rings. The molecule has 0 bridgehead atoms. The Morgan fingerprint density at radius 2 is 1.78 bits per heavy atom. The lowest BCUT2D eigenvalue weighted by Crippen LogP contribution is -2.74. The number of aromatic nitrogens is 2. The van der Waals surface area contributed by atoms with E-state index in [9.17, 15) is 14.4 Å². The zero-order chi connectivity index (χ0) is 36.4. The first kappa shape index (κ1) is 37.8. The van der Waals surface area contributed by atoms with E-state index in [0.29, 0.717) is 32.0 Å². The van der Waals surface area contributed by atoms with Gasteiger partial charge in [0.15, 0.2) is 0 Å². The quantitative estimate of drug-likeness (QED) is 0.287. The van der Waals surface area contributed by atoms with E-state index in [1.54, 1.807) is 4.90 Å². The van der Waals surface area contributed by atoms with Crippen molar-refractivity contribution in [3.05, 3.63) is 24.3 Å². The van der Waals surface area contributed by atoms with Gasteiger partial charge in [-0.25, -0.2) is 4.98 Å². The molecule has 0 radical (unpaired) electrons. The van der Waals surface area contributed by atoms with Crippen molar-refractivity contribution < 1.29 is 23.9 Å². The Hall–Kier alpha value is -2.96. The Morgan fingerprint density at radius 1 is 1.02 bits per heavy atom. The minimum atomic E-state index is -1.61. The van der Waals surface area contributed by atoms with Crippen molar-refractivity contribution in [2.45, 2.75) is 153 Å². The molecular weight excluding hydrogens is 646 g/mol. The molecule has 0 aromatic carbocycles. The number of carbonyl (C=O) groups excluding carboxylic acids is 4. The average Bonchev–Trinajstić information content (AvgIpc) is 3.69. The van der Waals surface area contributed by atoms with Crippen LogP contribution in [0.25, 0.3) is 0 Å². The summed E-state index contributed by atoms with van der Waals surface area (Å²) in [7, 11) is 0. The second kappa shape index (κ2) is 15.6. The maximum atomic E-state index is 16.0. The smallest absolute Gasteiger partial charge is 0.281 e. The van der Waals surface area contributed by atoms with Crippen LogP contribution in [0, 0.1) is 23.2 Å². The van der Waals surface area contributed by atoms with Gasteiger partial charge in [0.1, 0.15) is 23.0 Å². The lowest BCUT2D eigenvalue weighted by atomic mass is 9.60. The summed E-state index contributed by atoms with van der Waals surface area (Å²) in [6.45, 7) is 8.56. The molecule has 1 aromatic rings. The molecule has 6 rings (SSSR count). The van der Waals surface area contributed by atoms with Gasteiger partial charge in [0.25, 0.3) is 11.8 Å². The first-order valence-electron chi connectivity index (χ1n) is 19.8. The number of nitrogens with zero attached hydrogens (tertiary/aromatic N) is 4. The highest BCUT2D eigenvalue weighted by Crippen LogP contribution is 2.52. The molecule has 4 amide bonds. The van der Waals surface area contributed by atoms with Crippen LogP contribution in [0.3, 0.4) is 0 Å². The zero-order valence-corrected chi connectivity index (χ0v) is 31.3. The van der Waals surface area contributed by atoms with Gasteiger partial charge in [-0.1, -0.05) is 59.8 Å². The number of carbonyl (C=O) groups is 4. The van der Waals surface area contributed by atoms with Crippen LogP contribution in [-0.2, 0) is 19.1 Å². The van der Waals surface area contributed by atoms with Gasteiger partial charge in [-0.05, 0) is 87.4 Å². The van der Waals surface area contributed by atoms with Crippen molar-refractivity contribution in [3.8, 4) is 0 Å². The van der Waals surface area contributed by atoms with Crippen LogP contribution < -0.4 is 16.4 Å². The number of hydrogen-bond acceptors (Lipinski definition) is 9. The first-order chi connectivity index (χ1) is 24.5. The third-order valence-corrected chi connectivity index (χ3v) is 12.6. The molecule has 51 heavy (non-hydrogen) atoms. The Labute approximate surface area is 303 Å². The zero-order valence-electron chi connectivity index (χ0n) is 31.3. The number of nitrogens with one attached hydrogen (secondary N) is 2. The monoisotopic (exact) mass is 707 g/mol. The molecule has 12 heteroatoms. The summed E-state index contributed by atoms with van der Waals surface area (Å²) in [6, 6.07) is -0.589. The third-order valence-electron chi connectivity index (χ3n) is 12.6. The molecule has 1 unspecified atom stereocenters. The number of likely N-dealkylation sites (tertiary alicyclic amines) is 1. The third kappa shape index (κ3) is 7.21. The van der Waals surface area contributed by atoms with Crippen molar-refractivity contribution in [2.24, 2.45) is 28.9 Å². The summed E-state index contributed by atoms with van der Waals surface area (Å²) in [5, 5.41) is 7.27. The van der Waals surface area contributed by atoms with Gasteiger partial charge in [-0.15, -0.1) is 0 Å². The maximum absolute atomic E-state index is 16.0. The molecule has 1 aromatic heterocycles. The number of hydrogen-bond donors (Lipinski definition) is 3. The predicted octanol–water partition coefficient (Wildman–Crippen LogP) is 4.33. The van der Waals surface area contributed by atoms with Gasteiger partial charge in [0.05, 0.1) is 18.8 Å². The van der Waals surface area contributed by atoms with Gasteiger partial charge in [-0.3, -0.25) is 34.4 Å². The van der Waals surface area contributed by atoms with Gasteiger partial charge in [0, 0.05) is 31.6 Å². The van der Waals surface area contributed by atoms with E-state index in [1.165, 1.54) is 18.6 Å². The predicted molar refractivity (Wildman–Crippen MR) is 193 cm³/mol. The molecule has 3 aliphatic carbocycles. The van der Waals surface area contributed by atoms with Crippen LogP contribution in [0.2, 0.25) is 0 Å². The van der Waals surface area contributed by atoms with E-state index < -0.39 is 41.1 Å². The molecule has 282 valence electrons. The number of ether oxygens (including phenoxy) is 1. The second-order valence-electron chi connectivity index (χ2n) is 16.9. The van der Waals surface area contributed by atoms with Crippen molar-refractivity contribution in [2.75, 3.05) is 19.7 Å². The van der Waals surface area contributed by atoms with Crippen molar-refractivity contribution in [1.82, 2.24) is 30.4 Å². The van der Waals surface area contributed by atoms with E-state index in [4.69, 9.17) is 10.5 Å². The Kier molecular flexibility index (Phi) is 11.5. The fourth-order valence-electron chi connectivity index (χ4n) is 10.2. The maximum Gasteiger partial charge on any atom is 0.281 e. The lowest BCUT2D eigenvalue weighted by molar-refractivity contribution is -0.169. The number of imide groups is 1. The number of rotatable bonds is 12. The molecule has 3 saturated carbocycles. The summed E-state index contributed by atoms with van der Waals surface area (Å²) in [5.41, 5.74) is 2.90. The Bertz CT molecular complexity index is 1400. The van der Waals surface area contributed by atoms with Gasteiger partial charge in [0.2, 0.25) is 11.8 Å². The minimum Gasteiger partial charge on any atom is -0.358 e. The summed E-state index contributed by atoms with van der Waals surface area (Å²) in [6.07, 6.45) is 17.8. The highest BCUT2D eigenvalue weighted by molar-refractivity contribution is 6.09. The van der Waals surface area contributed by atoms with Crippen LogP contribution in [0.5, 0.6) is 0 Å². The molecule has 2 saturated heterocycles. The summed E-state index contributed by atoms with van der Waals surface area (Å²) >= 11 is 0. The topological polar surface area (TPSA) is 160 Å². The SMILES string of the molecule is CCC[C@H](NC(=O)[C@@H]1[C@H]2CCC[C@H]2CN1C(=O)[C@@](C1CCCCC1)(N(C(=O)CN)C(=O)c1cnccn1)C(C)(C)C)C1(NC2CC2)CCCCO1. The van der Waals surface area contributed by atoms with Crippen molar-refractivity contribution >= 4 is 23.6 Å². The van der Waals surface area contributed by atoms with Crippen molar-refractivity contribution in [1.29, 1.82) is 0 Å².